The van der Waals surface area contributed by atoms with Crippen molar-refractivity contribution in [1.29, 1.82) is 0 Å². The summed E-state index contributed by atoms with van der Waals surface area (Å²) in [4.78, 5) is 12.8. The van der Waals surface area contributed by atoms with E-state index < -0.39 is 5.97 Å². The fourth-order valence-corrected chi connectivity index (χ4v) is 2.49. The van der Waals surface area contributed by atoms with Gasteiger partial charge in [-0.25, -0.2) is 9.48 Å². The van der Waals surface area contributed by atoms with Crippen LogP contribution in [-0.4, -0.2) is 28.1 Å². The Labute approximate surface area is 109 Å². The Morgan fingerprint density at radius 1 is 1.56 bits per heavy atom. The largest absolute Gasteiger partial charge is 0.464 e. The molecule has 0 radical (unpaired) electrons. The molecule has 0 bridgehead atoms. The van der Waals surface area contributed by atoms with E-state index in [9.17, 15) is 4.79 Å². The summed E-state index contributed by atoms with van der Waals surface area (Å²) in [5.74, 6) is -0.422. The SMILES string of the molecule is CCc1c(C(=O)OC)nnn1CCc1cccs1. The highest BCUT2D eigenvalue weighted by molar-refractivity contribution is 7.09. The smallest absolute Gasteiger partial charge is 0.360 e. The van der Waals surface area contributed by atoms with Crippen molar-refractivity contribution < 1.29 is 9.53 Å². The molecule has 5 nitrogen and oxygen atoms in total. The van der Waals surface area contributed by atoms with Crippen LogP contribution in [0.2, 0.25) is 0 Å². The Morgan fingerprint density at radius 2 is 2.39 bits per heavy atom. The second-order valence-corrected chi connectivity index (χ2v) is 4.81. The van der Waals surface area contributed by atoms with Gasteiger partial charge in [0.05, 0.1) is 12.8 Å². The van der Waals surface area contributed by atoms with Crippen LogP contribution in [-0.2, 0) is 24.1 Å². The molecule has 96 valence electrons. The molecule has 0 N–H and O–H groups in total. The molecule has 2 heterocycles. The van der Waals surface area contributed by atoms with Crippen LogP contribution in [0.3, 0.4) is 0 Å². The summed E-state index contributed by atoms with van der Waals surface area (Å²) < 4.78 is 6.47. The second-order valence-electron chi connectivity index (χ2n) is 3.78. The van der Waals surface area contributed by atoms with Crippen LogP contribution < -0.4 is 0 Å². The summed E-state index contributed by atoms with van der Waals surface area (Å²) >= 11 is 1.72. The van der Waals surface area contributed by atoms with Crippen LogP contribution >= 0.6 is 11.3 Å². The zero-order chi connectivity index (χ0) is 13.0. The molecule has 0 aromatic carbocycles. The number of carbonyl (C=O) groups is 1. The zero-order valence-corrected chi connectivity index (χ0v) is 11.2. The van der Waals surface area contributed by atoms with E-state index in [0.717, 1.165) is 18.7 Å². The first-order valence-electron chi connectivity index (χ1n) is 5.79. The van der Waals surface area contributed by atoms with Gasteiger partial charge in [-0.3, -0.25) is 0 Å². The fourth-order valence-electron chi connectivity index (χ4n) is 1.79. The van der Waals surface area contributed by atoms with Crippen LogP contribution in [0, 0.1) is 0 Å². The predicted molar refractivity (Wildman–Crippen MR) is 68.8 cm³/mol. The minimum Gasteiger partial charge on any atom is -0.464 e. The molecule has 0 saturated heterocycles. The van der Waals surface area contributed by atoms with Gasteiger partial charge in [0.1, 0.15) is 0 Å². The predicted octanol–water partition coefficient (Wildman–Crippen LogP) is 1.93. The number of thiophene rings is 1. The monoisotopic (exact) mass is 265 g/mol. The average molecular weight is 265 g/mol. The lowest BCUT2D eigenvalue weighted by Crippen LogP contribution is -2.10. The van der Waals surface area contributed by atoms with E-state index in [-0.39, 0.29) is 0 Å². The van der Waals surface area contributed by atoms with Crippen molar-refractivity contribution in [2.45, 2.75) is 26.3 Å². The molecule has 0 aliphatic rings. The molecule has 0 aliphatic heterocycles. The molecule has 0 aliphatic carbocycles. The van der Waals surface area contributed by atoms with Crippen molar-refractivity contribution in [2.75, 3.05) is 7.11 Å². The highest BCUT2D eigenvalue weighted by Gasteiger charge is 2.18. The number of methoxy groups -OCH3 is 1. The van der Waals surface area contributed by atoms with Gasteiger partial charge >= 0.3 is 5.97 Å². The lowest BCUT2D eigenvalue weighted by molar-refractivity contribution is 0.0592. The van der Waals surface area contributed by atoms with Gasteiger partial charge < -0.3 is 4.74 Å². The third kappa shape index (κ3) is 2.59. The van der Waals surface area contributed by atoms with Gasteiger partial charge in [0, 0.05) is 17.8 Å². The normalized spacial score (nSPS) is 10.6. The minimum atomic E-state index is -0.422. The Morgan fingerprint density at radius 3 is 3.00 bits per heavy atom. The van der Waals surface area contributed by atoms with Crippen LogP contribution in [0.5, 0.6) is 0 Å². The van der Waals surface area contributed by atoms with E-state index in [1.165, 1.54) is 12.0 Å². The average Bonchev–Trinajstić information content (AvgIpc) is 3.03. The van der Waals surface area contributed by atoms with Crippen molar-refractivity contribution >= 4 is 17.3 Å². The number of nitrogens with zero attached hydrogens (tertiary/aromatic N) is 3. The molecule has 0 fully saturated rings. The van der Waals surface area contributed by atoms with Crippen molar-refractivity contribution in [2.24, 2.45) is 0 Å². The molecule has 0 saturated carbocycles. The van der Waals surface area contributed by atoms with E-state index >= 15 is 0 Å². The Bertz CT molecular complexity index is 519. The summed E-state index contributed by atoms with van der Waals surface area (Å²) in [6.45, 7) is 2.71. The van der Waals surface area contributed by atoms with E-state index in [0.29, 0.717) is 12.1 Å². The maximum atomic E-state index is 11.5. The van der Waals surface area contributed by atoms with Gasteiger partial charge in [-0.1, -0.05) is 18.2 Å². The molecule has 2 aromatic heterocycles. The molecule has 6 heteroatoms. The first kappa shape index (κ1) is 12.8. The van der Waals surface area contributed by atoms with Gasteiger partial charge in [-0.2, -0.15) is 0 Å². The lowest BCUT2D eigenvalue weighted by Gasteiger charge is -2.04. The highest BCUT2D eigenvalue weighted by Crippen LogP contribution is 2.12. The molecule has 18 heavy (non-hydrogen) atoms. The number of aromatic nitrogens is 3. The van der Waals surface area contributed by atoms with Gasteiger partial charge in [-0.05, 0) is 17.9 Å². The van der Waals surface area contributed by atoms with Gasteiger partial charge in [0.2, 0.25) is 0 Å². The molecular formula is C12H15N3O2S. The number of hydrogen-bond donors (Lipinski definition) is 0. The summed E-state index contributed by atoms with van der Waals surface area (Å²) in [6, 6.07) is 4.12. The topological polar surface area (TPSA) is 57.0 Å². The number of carbonyl (C=O) groups excluding carboxylic acids is 1. The number of ether oxygens (including phenoxy) is 1. The van der Waals surface area contributed by atoms with Crippen LogP contribution in [0.15, 0.2) is 17.5 Å². The van der Waals surface area contributed by atoms with E-state index in [1.807, 2.05) is 13.0 Å². The molecule has 0 spiro atoms. The van der Waals surface area contributed by atoms with Crippen molar-refractivity contribution in [1.82, 2.24) is 15.0 Å². The number of rotatable bonds is 5. The third-order valence-electron chi connectivity index (χ3n) is 2.70. The second kappa shape index (κ2) is 5.77. The van der Waals surface area contributed by atoms with Crippen molar-refractivity contribution in [3.63, 3.8) is 0 Å². The molecule has 0 amide bonds. The van der Waals surface area contributed by atoms with Gasteiger partial charge in [0.25, 0.3) is 0 Å². The van der Waals surface area contributed by atoms with Gasteiger partial charge in [-0.15, -0.1) is 16.4 Å². The molecule has 0 unspecified atom stereocenters. The standard InChI is InChI=1S/C12H15N3O2S/c1-3-10-11(12(16)17-2)13-14-15(10)7-6-9-5-4-8-18-9/h4-5,8H,3,6-7H2,1-2H3. The third-order valence-corrected chi connectivity index (χ3v) is 3.64. The van der Waals surface area contributed by atoms with Gasteiger partial charge in [0.15, 0.2) is 5.69 Å². The lowest BCUT2D eigenvalue weighted by atomic mass is 10.2. The zero-order valence-electron chi connectivity index (χ0n) is 10.4. The fraction of sp³-hybridized carbons (Fsp3) is 0.417. The van der Waals surface area contributed by atoms with Crippen LogP contribution in [0.1, 0.15) is 28.0 Å². The Hall–Kier alpha value is -1.69. The van der Waals surface area contributed by atoms with Crippen LogP contribution in [0.4, 0.5) is 0 Å². The van der Waals surface area contributed by atoms with E-state index in [1.54, 1.807) is 16.0 Å². The summed E-state index contributed by atoms with van der Waals surface area (Å²) in [6.07, 6.45) is 1.61. The number of aryl methyl sites for hydroxylation is 2. The number of hydrogen-bond acceptors (Lipinski definition) is 5. The van der Waals surface area contributed by atoms with Crippen molar-refractivity contribution in [3.05, 3.63) is 33.8 Å². The molecule has 0 atom stereocenters. The van der Waals surface area contributed by atoms with Crippen molar-refractivity contribution in [3.8, 4) is 0 Å². The summed E-state index contributed by atoms with van der Waals surface area (Å²) in [5.41, 5.74) is 1.16. The Balaban J connectivity index is 2.13. The summed E-state index contributed by atoms with van der Waals surface area (Å²) in [7, 11) is 1.35. The molecule has 2 aromatic rings. The highest BCUT2D eigenvalue weighted by atomic mass is 32.1. The summed E-state index contributed by atoms with van der Waals surface area (Å²) in [5, 5.41) is 9.98. The minimum absolute atomic E-state index is 0.325. The van der Waals surface area contributed by atoms with Crippen LogP contribution in [0.25, 0.3) is 0 Å². The quantitative estimate of drug-likeness (QED) is 0.775. The number of esters is 1. The first-order chi connectivity index (χ1) is 8.76. The van der Waals surface area contributed by atoms with E-state index in [2.05, 4.69) is 26.5 Å². The first-order valence-corrected chi connectivity index (χ1v) is 6.67. The van der Waals surface area contributed by atoms with E-state index in [4.69, 9.17) is 0 Å². The molecular weight excluding hydrogens is 250 g/mol. The maximum Gasteiger partial charge on any atom is 0.360 e. The molecule has 2 rings (SSSR count). The maximum absolute atomic E-state index is 11.5. The Kier molecular flexibility index (Phi) is 4.09.